The third-order valence-corrected chi connectivity index (χ3v) is 2.09. The van der Waals surface area contributed by atoms with Gasteiger partial charge in [-0.1, -0.05) is 52.2 Å². The van der Waals surface area contributed by atoms with E-state index in [-0.39, 0.29) is 0 Å². The lowest BCUT2D eigenvalue weighted by molar-refractivity contribution is -0.131. The van der Waals surface area contributed by atoms with Crippen LogP contribution < -0.4 is 0 Å². The first-order valence-corrected chi connectivity index (χ1v) is 6.70. The number of nitriles is 1. The topological polar surface area (TPSA) is 61.1 Å². The van der Waals surface area contributed by atoms with E-state index in [0.717, 1.165) is 11.8 Å². The number of carboxylic acids is 1. The average molecular weight is 271 g/mol. The number of aliphatic carboxylic acids is 1. The number of thiol groups is 1. The molecule has 0 aromatic rings. The molecule has 0 saturated carbocycles. The summed E-state index contributed by atoms with van der Waals surface area (Å²) in [5.41, 5.74) is 0. The Morgan fingerprint density at radius 1 is 1.28 bits per heavy atom. The molecule has 0 spiro atoms. The number of nitrogens with zero attached hydrogens (tertiary/aromatic N) is 1. The van der Waals surface area contributed by atoms with Crippen molar-refractivity contribution in [2.45, 2.75) is 45.4 Å². The number of hydrogen-bond donors (Lipinski definition) is 2. The van der Waals surface area contributed by atoms with Crippen molar-refractivity contribution in [3.05, 3.63) is 25.3 Å². The summed E-state index contributed by atoms with van der Waals surface area (Å²) in [5.74, 6) is 0.0802. The molecule has 0 aromatic carbocycles. The molecule has 0 aromatic heterocycles. The molecule has 0 fully saturated rings. The van der Waals surface area contributed by atoms with Gasteiger partial charge in [0.1, 0.15) is 0 Å². The third kappa shape index (κ3) is 46.3. The van der Waals surface area contributed by atoms with Crippen LogP contribution in [0.1, 0.15) is 45.4 Å². The van der Waals surface area contributed by atoms with E-state index in [1.165, 1.54) is 44.6 Å². The van der Waals surface area contributed by atoms with Gasteiger partial charge in [0.25, 0.3) is 0 Å². The van der Waals surface area contributed by atoms with Crippen molar-refractivity contribution in [3.63, 3.8) is 0 Å². The molecule has 0 rings (SSSR count). The van der Waals surface area contributed by atoms with Crippen molar-refractivity contribution in [2.24, 2.45) is 0 Å². The normalized spacial score (nSPS) is 7.61. The zero-order valence-corrected chi connectivity index (χ0v) is 12.2. The molecule has 0 radical (unpaired) electrons. The maximum Gasteiger partial charge on any atom is 0.327 e. The highest BCUT2D eigenvalue weighted by atomic mass is 32.1. The molecule has 0 aliphatic rings. The van der Waals surface area contributed by atoms with Gasteiger partial charge in [-0.05, 0) is 12.2 Å². The molecule has 0 aliphatic carbocycles. The fourth-order valence-corrected chi connectivity index (χ4v) is 1.12. The summed E-state index contributed by atoms with van der Waals surface area (Å²) in [5, 5.41) is 15.1. The number of carbonyl (C=O) groups is 1. The summed E-state index contributed by atoms with van der Waals surface area (Å²) < 4.78 is 0. The van der Waals surface area contributed by atoms with Gasteiger partial charge in [-0.15, -0.1) is 0 Å². The smallest absolute Gasteiger partial charge is 0.327 e. The van der Waals surface area contributed by atoms with Crippen LogP contribution in [0, 0.1) is 11.3 Å². The molecule has 0 bridgehead atoms. The molecule has 4 heteroatoms. The van der Waals surface area contributed by atoms with Gasteiger partial charge < -0.3 is 5.11 Å². The highest BCUT2D eigenvalue weighted by molar-refractivity contribution is 7.80. The molecule has 0 heterocycles. The molecule has 18 heavy (non-hydrogen) atoms. The first kappa shape index (κ1) is 22.0. The number of rotatable bonds is 7. The quantitative estimate of drug-likeness (QED) is 0.315. The SMILES string of the molecule is C=CC#N.C=CC(=O)O.CCCCCCCCS. The van der Waals surface area contributed by atoms with Crippen molar-refractivity contribution in [3.8, 4) is 6.07 Å². The lowest BCUT2D eigenvalue weighted by Gasteiger charge is -1.95. The molecule has 1 N–H and O–H groups in total. The van der Waals surface area contributed by atoms with E-state index in [1.54, 1.807) is 6.07 Å². The highest BCUT2D eigenvalue weighted by Gasteiger charge is 1.86. The van der Waals surface area contributed by atoms with Gasteiger partial charge in [-0.2, -0.15) is 17.9 Å². The molecular formula is C14H25NO2S. The van der Waals surface area contributed by atoms with E-state index in [4.69, 9.17) is 10.4 Å². The molecule has 104 valence electrons. The molecule has 0 unspecified atom stereocenters. The predicted octanol–water partition coefficient (Wildman–Crippen LogP) is 4.23. The lowest BCUT2D eigenvalue weighted by atomic mass is 10.1. The fraction of sp³-hybridized carbons (Fsp3) is 0.571. The standard InChI is InChI=1S/C8H18S.C3H3N.C3H4O2/c1-2-3-4-5-6-7-8-9;1-2-3-4;1-2-3(4)5/h9H,2-8H2,1H3;2H,1H2;2H,1H2,(H,4,5). The summed E-state index contributed by atoms with van der Waals surface area (Å²) >= 11 is 4.15. The van der Waals surface area contributed by atoms with Crippen LogP contribution in [0.2, 0.25) is 0 Å². The summed E-state index contributed by atoms with van der Waals surface area (Å²) in [6, 6.07) is 1.69. The molecule has 0 atom stereocenters. The van der Waals surface area contributed by atoms with Crippen LogP contribution >= 0.6 is 12.6 Å². The maximum absolute atomic E-state index is 9.25. The fourth-order valence-electron chi connectivity index (χ4n) is 0.892. The van der Waals surface area contributed by atoms with Crippen LogP contribution in [0.3, 0.4) is 0 Å². The van der Waals surface area contributed by atoms with Gasteiger partial charge in [-0.25, -0.2) is 4.79 Å². The first-order chi connectivity index (χ1) is 8.60. The van der Waals surface area contributed by atoms with E-state index < -0.39 is 5.97 Å². The Kier molecular flexibility index (Phi) is 30.4. The second-order valence-electron chi connectivity index (χ2n) is 3.37. The molecule has 3 nitrogen and oxygen atoms in total. The summed E-state index contributed by atoms with van der Waals surface area (Å²) in [4.78, 5) is 9.25. The summed E-state index contributed by atoms with van der Waals surface area (Å²) in [6.45, 7) is 8.33. The monoisotopic (exact) mass is 271 g/mol. The second kappa shape index (κ2) is 24.8. The average Bonchev–Trinajstić information content (AvgIpc) is 2.39. The highest BCUT2D eigenvalue weighted by Crippen LogP contribution is 2.04. The van der Waals surface area contributed by atoms with Crippen molar-refractivity contribution in [1.82, 2.24) is 0 Å². The van der Waals surface area contributed by atoms with Gasteiger partial charge >= 0.3 is 5.97 Å². The summed E-state index contributed by atoms with van der Waals surface area (Å²) in [6.07, 6.45) is 10.3. The zero-order chi connectivity index (χ0) is 14.6. The van der Waals surface area contributed by atoms with E-state index in [0.29, 0.717) is 0 Å². The maximum atomic E-state index is 9.25. The lowest BCUT2D eigenvalue weighted by Crippen LogP contribution is -1.82. The van der Waals surface area contributed by atoms with E-state index in [2.05, 4.69) is 32.7 Å². The molecule has 0 aliphatic heterocycles. The Balaban J connectivity index is -0.000000212. The number of carboxylic acid groups (broad SMARTS) is 1. The summed E-state index contributed by atoms with van der Waals surface area (Å²) in [7, 11) is 0. The Bertz CT molecular complexity index is 228. The van der Waals surface area contributed by atoms with Crippen molar-refractivity contribution >= 4 is 18.6 Å². The van der Waals surface area contributed by atoms with E-state index in [9.17, 15) is 4.79 Å². The van der Waals surface area contributed by atoms with Crippen LogP contribution in [-0.4, -0.2) is 16.8 Å². The van der Waals surface area contributed by atoms with Crippen molar-refractivity contribution in [1.29, 1.82) is 5.26 Å². The van der Waals surface area contributed by atoms with Crippen LogP contribution in [0.5, 0.6) is 0 Å². The Labute approximate surface area is 117 Å². The number of unbranched alkanes of at least 4 members (excludes halogenated alkanes) is 5. The van der Waals surface area contributed by atoms with Gasteiger partial charge in [-0.3, -0.25) is 0 Å². The second-order valence-corrected chi connectivity index (χ2v) is 3.81. The minimum atomic E-state index is -0.981. The largest absolute Gasteiger partial charge is 0.478 e. The van der Waals surface area contributed by atoms with Gasteiger partial charge in [0.05, 0.1) is 6.07 Å². The molecule has 0 amide bonds. The van der Waals surface area contributed by atoms with Crippen LogP contribution in [0.25, 0.3) is 0 Å². The van der Waals surface area contributed by atoms with Crippen LogP contribution in [0.15, 0.2) is 25.3 Å². The minimum absolute atomic E-state index is 0.833. The van der Waals surface area contributed by atoms with Gasteiger partial charge in [0, 0.05) is 12.2 Å². The number of hydrogen-bond acceptors (Lipinski definition) is 3. The third-order valence-electron chi connectivity index (χ3n) is 1.78. The molecular weight excluding hydrogens is 246 g/mol. The van der Waals surface area contributed by atoms with Crippen LogP contribution in [-0.2, 0) is 4.79 Å². The molecule has 0 saturated heterocycles. The predicted molar refractivity (Wildman–Crippen MR) is 80.9 cm³/mol. The zero-order valence-electron chi connectivity index (χ0n) is 11.3. The van der Waals surface area contributed by atoms with Crippen LogP contribution in [0.4, 0.5) is 0 Å². The Morgan fingerprint density at radius 2 is 1.67 bits per heavy atom. The van der Waals surface area contributed by atoms with Gasteiger partial charge in [0.15, 0.2) is 0 Å². The Hall–Kier alpha value is -1.21. The van der Waals surface area contributed by atoms with Crippen molar-refractivity contribution in [2.75, 3.05) is 5.75 Å². The minimum Gasteiger partial charge on any atom is -0.478 e. The van der Waals surface area contributed by atoms with Crippen molar-refractivity contribution < 1.29 is 9.90 Å². The first-order valence-electron chi connectivity index (χ1n) is 6.07. The number of allylic oxidation sites excluding steroid dienone is 1. The Morgan fingerprint density at radius 3 is 1.94 bits per heavy atom. The van der Waals surface area contributed by atoms with Gasteiger partial charge in [0.2, 0.25) is 0 Å². The van der Waals surface area contributed by atoms with E-state index >= 15 is 0 Å². The van der Waals surface area contributed by atoms with E-state index in [1.807, 2.05) is 0 Å².